The van der Waals surface area contributed by atoms with Gasteiger partial charge >= 0.3 is 12.1 Å². The molecule has 0 aliphatic carbocycles. The van der Waals surface area contributed by atoms with E-state index in [2.05, 4.69) is 10.3 Å². The molecule has 3 aromatic rings. The Hall–Kier alpha value is -4.27. The number of fused-ring (bicyclic) bond motifs is 1. The van der Waals surface area contributed by atoms with Crippen molar-refractivity contribution < 1.29 is 33.3 Å². The van der Waals surface area contributed by atoms with Crippen molar-refractivity contribution in [2.45, 2.75) is 38.9 Å². The molecule has 2 aromatic carbocycles. The predicted molar refractivity (Wildman–Crippen MR) is 142 cm³/mol. The summed E-state index contributed by atoms with van der Waals surface area (Å²) in [5.41, 5.74) is 3.01. The molecule has 0 radical (unpaired) electrons. The Labute approximate surface area is 222 Å². The first-order valence-electron chi connectivity index (χ1n) is 12.5. The minimum Gasteiger partial charge on any atom is -0.504 e. The van der Waals surface area contributed by atoms with Gasteiger partial charge in [-0.3, -0.25) is 4.79 Å². The molecule has 0 bridgehead atoms. The average molecular weight is 523 g/mol. The number of para-hydroxylation sites is 1. The van der Waals surface area contributed by atoms with Gasteiger partial charge in [-0.25, -0.2) is 9.59 Å². The van der Waals surface area contributed by atoms with Crippen LogP contribution in [0.5, 0.6) is 0 Å². The molecule has 0 spiro atoms. The van der Waals surface area contributed by atoms with E-state index in [0.717, 1.165) is 22.0 Å². The first-order valence-corrected chi connectivity index (χ1v) is 12.5. The number of aromatic nitrogens is 1. The van der Waals surface area contributed by atoms with E-state index >= 15 is 0 Å². The van der Waals surface area contributed by atoms with Gasteiger partial charge in [0, 0.05) is 36.0 Å². The average Bonchev–Trinajstić information content (AvgIpc) is 3.35. The third kappa shape index (κ3) is 7.86. The number of hydrogen-bond acceptors (Lipinski definition) is 7. The van der Waals surface area contributed by atoms with Gasteiger partial charge in [0.15, 0.2) is 0 Å². The van der Waals surface area contributed by atoms with Gasteiger partial charge in [0.1, 0.15) is 12.7 Å². The van der Waals surface area contributed by atoms with Gasteiger partial charge in [-0.2, -0.15) is 0 Å². The number of carbonyl (C=O) groups is 3. The van der Waals surface area contributed by atoms with Crippen LogP contribution in [0.2, 0.25) is 0 Å². The third-order valence-corrected chi connectivity index (χ3v) is 6.16. The highest BCUT2D eigenvalue weighted by atomic mass is 16.7. The maximum atomic E-state index is 13.0. The summed E-state index contributed by atoms with van der Waals surface area (Å²) in [5.74, 6) is -1.80. The molecule has 0 saturated carbocycles. The van der Waals surface area contributed by atoms with Crippen LogP contribution in [0.25, 0.3) is 10.9 Å². The SMILES string of the molecule is CC[C@@H](OC(=O)OCc1ccccc1)[C@H](CC(=O)NCCc1c[nH]c2ccccc12)/C(=C\OC)C(=O)OC. The Balaban J connectivity index is 1.66. The van der Waals surface area contributed by atoms with Crippen molar-refractivity contribution in [1.29, 1.82) is 0 Å². The molecule has 9 nitrogen and oxygen atoms in total. The van der Waals surface area contributed by atoms with Crippen molar-refractivity contribution in [1.82, 2.24) is 10.3 Å². The van der Waals surface area contributed by atoms with E-state index in [0.29, 0.717) is 19.4 Å². The molecular formula is C29H34N2O7. The van der Waals surface area contributed by atoms with Crippen molar-refractivity contribution in [3.63, 3.8) is 0 Å². The normalized spacial score (nSPS) is 12.9. The van der Waals surface area contributed by atoms with E-state index < -0.39 is 24.1 Å². The van der Waals surface area contributed by atoms with Crippen LogP contribution in [0.4, 0.5) is 4.79 Å². The molecule has 0 aliphatic rings. The van der Waals surface area contributed by atoms with E-state index in [1.807, 2.05) is 60.8 Å². The van der Waals surface area contributed by atoms with Crippen molar-refractivity contribution in [3.05, 3.63) is 83.8 Å². The molecule has 1 amide bonds. The second kappa shape index (κ2) is 14.5. The third-order valence-electron chi connectivity index (χ3n) is 6.16. The van der Waals surface area contributed by atoms with E-state index in [4.69, 9.17) is 18.9 Å². The first kappa shape index (κ1) is 28.3. The molecule has 9 heteroatoms. The van der Waals surface area contributed by atoms with Gasteiger partial charge in [-0.15, -0.1) is 0 Å². The summed E-state index contributed by atoms with van der Waals surface area (Å²) in [6.45, 7) is 2.22. The maximum absolute atomic E-state index is 13.0. The van der Waals surface area contributed by atoms with Crippen LogP contribution in [0.3, 0.4) is 0 Å². The standard InChI is InChI=1S/C29H34N2O7/c1-4-26(38-29(34)37-18-20-10-6-5-7-11-20)23(24(19-35-2)28(33)36-3)16-27(32)30-15-14-21-17-31-25-13-9-8-12-22(21)25/h5-13,17,19,23,26,31H,4,14-16,18H2,1-3H3,(H,30,32)/b24-19+/t23-,26-/m1/s1. The van der Waals surface area contributed by atoms with Crippen molar-refractivity contribution in [2.24, 2.45) is 5.92 Å². The Morgan fingerprint density at radius 2 is 1.76 bits per heavy atom. The Morgan fingerprint density at radius 1 is 1.03 bits per heavy atom. The number of hydrogen-bond donors (Lipinski definition) is 2. The summed E-state index contributed by atoms with van der Waals surface area (Å²) in [6, 6.07) is 17.1. The zero-order chi connectivity index (χ0) is 27.3. The molecule has 2 atom stereocenters. The van der Waals surface area contributed by atoms with Gasteiger partial charge in [0.2, 0.25) is 5.91 Å². The van der Waals surface area contributed by atoms with Crippen LogP contribution >= 0.6 is 0 Å². The van der Waals surface area contributed by atoms with Crippen LogP contribution < -0.4 is 5.32 Å². The van der Waals surface area contributed by atoms with Crippen LogP contribution in [-0.4, -0.2) is 49.9 Å². The van der Waals surface area contributed by atoms with E-state index in [9.17, 15) is 14.4 Å². The zero-order valence-corrected chi connectivity index (χ0v) is 21.9. The fourth-order valence-electron chi connectivity index (χ4n) is 4.24. The quantitative estimate of drug-likeness (QED) is 0.190. The summed E-state index contributed by atoms with van der Waals surface area (Å²) >= 11 is 0. The number of methoxy groups -OCH3 is 2. The highest BCUT2D eigenvalue weighted by Gasteiger charge is 2.34. The number of rotatable bonds is 13. The van der Waals surface area contributed by atoms with Crippen molar-refractivity contribution in [2.75, 3.05) is 20.8 Å². The molecular weight excluding hydrogens is 488 g/mol. The fourth-order valence-corrected chi connectivity index (χ4v) is 4.24. The minimum atomic E-state index is -0.896. The summed E-state index contributed by atoms with van der Waals surface area (Å²) in [4.78, 5) is 41.2. The summed E-state index contributed by atoms with van der Waals surface area (Å²) < 4.78 is 20.8. The van der Waals surface area contributed by atoms with E-state index in [1.54, 1.807) is 6.92 Å². The Morgan fingerprint density at radius 3 is 2.47 bits per heavy atom. The van der Waals surface area contributed by atoms with Gasteiger partial charge < -0.3 is 29.2 Å². The molecule has 2 N–H and O–H groups in total. The van der Waals surface area contributed by atoms with Crippen LogP contribution in [0.1, 0.15) is 30.9 Å². The number of aromatic amines is 1. The minimum absolute atomic E-state index is 0.0346. The molecule has 0 unspecified atom stereocenters. The number of nitrogens with one attached hydrogen (secondary N) is 2. The van der Waals surface area contributed by atoms with Crippen LogP contribution in [-0.2, 0) is 41.6 Å². The summed E-state index contributed by atoms with van der Waals surface area (Å²) in [7, 11) is 2.62. The smallest absolute Gasteiger partial charge is 0.504 e. The lowest BCUT2D eigenvalue weighted by atomic mass is 9.88. The largest absolute Gasteiger partial charge is 0.508 e. The highest BCUT2D eigenvalue weighted by Crippen LogP contribution is 2.26. The topological polar surface area (TPSA) is 116 Å². The molecule has 1 aromatic heterocycles. The zero-order valence-electron chi connectivity index (χ0n) is 21.9. The lowest BCUT2D eigenvalue weighted by Gasteiger charge is -2.26. The van der Waals surface area contributed by atoms with Crippen molar-refractivity contribution in [3.8, 4) is 0 Å². The molecule has 0 saturated heterocycles. The van der Waals surface area contributed by atoms with Gasteiger partial charge in [0.25, 0.3) is 0 Å². The second-order valence-electron chi connectivity index (χ2n) is 8.66. The number of amides is 1. The van der Waals surface area contributed by atoms with Crippen LogP contribution in [0, 0.1) is 5.92 Å². The second-order valence-corrected chi connectivity index (χ2v) is 8.66. The molecule has 202 valence electrons. The number of esters is 1. The lowest BCUT2D eigenvalue weighted by Crippen LogP contribution is -2.36. The van der Waals surface area contributed by atoms with Gasteiger partial charge in [-0.1, -0.05) is 55.5 Å². The number of H-pyrrole nitrogens is 1. The molecule has 0 aliphatic heterocycles. The van der Waals surface area contributed by atoms with E-state index in [-0.39, 0.29) is 24.5 Å². The number of benzene rings is 2. The van der Waals surface area contributed by atoms with Crippen molar-refractivity contribution >= 4 is 28.9 Å². The van der Waals surface area contributed by atoms with Gasteiger partial charge in [0.05, 0.1) is 26.1 Å². The van der Waals surface area contributed by atoms with E-state index in [1.165, 1.54) is 20.5 Å². The summed E-state index contributed by atoms with van der Waals surface area (Å²) in [6.07, 6.45) is 2.24. The predicted octanol–water partition coefficient (Wildman–Crippen LogP) is 4.67. The first-order chi connectivity index (χ1) is 18.5. The van der Waals surface area contributed by atoms with Gasteiger partial charge in [-0.05, 0) is 30.0 Å². The van der Waals surface area contributed by atoms with Crippen LogP contribution in [0.15, 0.2) is 72.6 Å². The molecule has 38 heavy (non-hydrogen) atoms. The molecule has 3 rings (SSSR count). The molecule has 1 heterocycles. The Bertz CT molecular complexity index is 1240. The number of ether oxygens (including phenoxy) is 4. The monoisotopic (exact) mass is 522 g/mol. The number of carbonyl (C=O) groups excluding carboxylic acids is 3. The summed E-state index contributed by atoms with van der Waals surface area (Å²) in [5, 5.41) is 4.01. The maximum Gasteiger partial charge on any atom is 0.508 e. The highest BCUT2D eigenvalue weighted by molar-refractivity contribution is 5.90. The lowest BCUT2D eigenvalue weighted by molar-refractivity contribution is -0.137. The Kier molecular flexibility index (Phi) is 10.8. The molecule has 0 fully saturated rings. The fraction of sp³-hybridized carbons (Fsp3) is 0.345.